The molecule has 0 aromatic heterocycles. The van der Waals surface area contributed by atoms with Crippen molar-refractivity contribution in [3.05, 3.63) is 65.2 Å². The predicted octanol–water partition coefficient (Wildman–Crippen LogP) is 4.57. The van der Waals surface area contributed by atoms with E-state index in [1.54, 1.807) is 30.7 Å². The molecule has 2 amide bonds. The summed E-state index contributed by atoms with van der Waals surface area (Å²) >= 11 is 1.57. The number of amides is 2. The van der Waals surface area contributed by atoms with Gasteiger partial charge in [-0.05, 0) is 50.5 Å². The smallest absolute Gasteiger partial charge is 0.242 e. The minimum atomic E-state index is -0.552. The Morgan fingerprint density at radius 2 is 1.65 bits per heavy atom. The second kappa shape index (κ2) is 12.4. The van der Waals surface area contributed by atoms with Gasteiger partial charge >= 0.3 is 0 Å². The van der Waals surface area contributed by atoms with Crippen LogP contribution in [0.5, 0.6) is 5.75 Å². The SMILES string of the molecule is CC[C@H](C)NC(=O)[C@H](C)N(Cc1ccc(OC)cc1)C(=O)CSCc1ccc(C)cc1. The van der Waals surface area contributed by atoms with Crippen molar-refractivity contribution in [3.8, 4) is 5.75 Å². The molecule has 1 N–H and O–H groups in total. The molecule has 0 unspecified atom stereocenters. The van der Waals surface area contributed by atoms with Crippen LogP contribution in [0, 0.1) is 6.92 Å². The van der Waals surface area contributed by atoms with Crippen molar-refractivity contribution >= 4 is 23.6 Å². The topological polar surface area (TPSA) is 58.6 Å². The highest BCUT2D eigenvalue weighted by molar-refractivity contribution is 7.99. The molecule has 6 heteroatoms. The Morgan fingerprint density at radius 3 is 2.23 bits per heavy atom. The largest absolute Gasteiger partial charge is 0.497 e. The zero-order valence-electron chi connectivity index (χ0n) is 19.2. The highest BCUT2D eigenvalue weighted by Gasteiger charge is 2.26. The van der Waals surface area contributed by atoms with Crippen LogP contribution >= 0.6 is 11.8 Å². The number of hydrogen-bond acceptors (Lipinski definition) is 4. The second-order valence-electron chi connectivity index (χ2n) is 7.84. The first-order chi connectivity index (χ1) is 14.8. The maximum Gasteiger partial charge on any atom is 0.242 e. The van der Waals surface area contributed by atoms with Gasteiger partial charge in [0.05, 0.1) is 12.9 Å². The van der Waals surface area contributed by atoms with Crippen molar-refractivity contribution in [2.24, 2.45) is 0 Å². The van der Waals surface area contributed by atoms with Gasteiger partial charge in [-0.2, -0.15) is 0 Å². The number of ether oxygens (including phenoxy) is 1. The van der Waals surface area contributed by atoms with Crippen LogP contribution in [0.4, 0.5) is 0 Å². The average Bonchev–Trinajstić information content (AvgIpc) is 2.78. The quantitative estimate of drug-likeness (QED) is 0.554. The number of nitrogens with zero attached hydrogens (tertiary/aromatic N) is 1. The van der Waals surface area contributed by atoms with Crippen molar-refractivity contribution in [1.82, 2.24) is 10.2 Å². The summed E-state index contributed by atoms with van der Waals surface area (Å²) in [6.45, 7) is 8.23. The van der Waals surface area contributed by atoms with Crippen LogP contribution in [0.2, 0.25) is 0 Å². The normalized spacial score (nSPS) is 12.7. The fourth-order valence-electron chi connectivity index (χ4n) is 3.00. The zero-order valence-corrected chi connectivity index (χ0v) is 20.0. The number of thioether (sulfide) groups is 1. The first kappa shape index (κ1) is 24.8. The van der Waals surface area contributed by atoms with Crippen LogP contribution in [0.3, 0.4) is 0 Å². The Labute approximate surface area is 190 Å². The first-order valence-electron chi connectivity index (χ1n) is 10.7. The number of rotatable bonds is 11. The minimum absolute atomic E-state index is 0.0419. The fourth-order valence-corrected chi connectivity index (χ4v) is 3.87. The molecule has 0 spiro atoms. The lowest BCUT2D eigenvalue weighted by molar-refractivity contribution is -0.138. The van der Waals surface area contributed by atoms with Crippen LogP contribution in [-0.4, -0.2) is 41.7 Å². The molecule has 0 aliphatic heterocycles. The molecule has 31 heavy (non-hydrogen) atoms. The van der Waals surface area contributed by atoms with Gasteiger partial charge in [-0.3, -0.25) is 9.59 Å². The van der Waals surface area contributed by atoms with Crippen LogP contribution < -0.4 is 10.1 Å². The molecule has 168 valence electrons. The van der Waals surface area contributed by atoms with Crippen molar-refractivity contribution in [2.45, 2.75) is 58.5 Å². The summed E-state index contributed by atoms with van der Waals surface area (Å²) in [6, 6.07) is 15.4. The molecule has 2 aromatic carbocycles. The van der Waals surface area contributed by atoms with Crippen molar-refractivity contribution < 1.29 is 14.3 Å². The van der Waals surface area contributed by atoms with E-state index in [-0.39, 0.29) is 17.9 Å². The minimum Gasteiger partial charge on any atom is -0.497 e. The third-order valence-electron chi connectivity index (χ3n) is 5.30. The van der Waals surface area contributed by atoms with Gasteiger partial charge in [0, 0.05) is 18.3 Å². The van der Waals surface area contributed by atoms with E-state index in [1.807, 2.05) is 38.1 Å². The van der Waals surface area contributed by atoms with Gasteiger partial charge in [0.25, 0.3) is 0 Å². The van der Waals surface area contributed by atoms with Crippen LogP contribution in [0.25, 0.3) is 0 Å². The van der Waals surface area contributed by atoms with Crippen LogP contribution in [-0.2, 0) is 21.9 Å². The first-order valence-corrected chi connectivity index (χ1v) is 11.9. The van der Waals surface area contributed by atoms with Gasteiger partial charge in [-0.25, -0.2) is 0 Å². The van der Waals surface area contributed by atoms with Gasteiger partial charge in [0.1, 0.15) is 11.8 Å². The van der Waals surface area contributed by atoms with Crippen LogP contribution in [0.15, 0.2) is 48.5 Å². The van der Waals surface area contributed by atoms with E-state index in [9.17, 15) is 9.59 Å². The standard InChI is InChI=1S/C25H34N2O3S/c1-6-19(3)26-25(29)20(4)27(15-21-11-13-23(30-5)14-12-21)24(28)17-31-16-22-9-7-18(2)8-10-22/h7-14,19-20H,6,15-17H2,1-5H3,(H,26,29)/t19-,20-/m0/s1. The molecule has 0 saturated heterocycles. The van der Waals surface area contributed by atoms with Crippen LogP contribution in [0.1, 0.15) is 43.9 Å². The molecule has 0 saturated carbocycles. The van der Waals surface area contributed by atoms with E-state index in [2.05, 4.69) is 36.5 Å². The third-order valence-corrected chi connectivity index (χ3v) is 6.28. The third kappa shape index (κ3) is 7.94. The summed E-state index contributed by atoms with van der Waals surface area (Å²) in [5.41, 5.74) is 3.37. The Bertz CT molecular complexity index is 837. The predicted molar refractivity (Wildman–Crippen MR) is 128 cm³/mol. The second-order valence-corrected chi connectivity index (χ2v) is 8.83. The van der Waals surface area contributed by atoms with E-state index >= 15 is 0 Å². The van der Waals surface area contributed by atoms with Crippen molar-refractivity contribution in [1.29, 1.82) is 0 Å². The maximum absolute atomic E-state index is 13.1. The van der Waals surface area contributed by atoms with Gasteiger partial charge < -0.3 is 15.0 Å². The summed E-state index contributed by atoms with van der Waals surface area (Å²) in [7, 11) is 1.62. The van der Waals surface area contributed by atoms with Gasteiger partial charge in [-0.1, -0.05) is 48.9 Å². The molecule has 2 aromatic rings. The number of carbonyl (C=O) groups excluding carboxylic acids is 2. The van der Waals surface area contributed by atoms with Gasteiger partial charge in [0.2, 0.25) is 11.8 Å². The molecule has 0 aliphatic rings. The summed E-state index contributed by atoms with van der Waals surface area (Å²) in [5.74, 6) is 1.68. The average molecular weight is 443 g/mol. The van der Waals surface area contributed by atoms with Crippen molar-refractivity contribution in [2.75, 3.05) is 12.9 Å². The van der Waals surface area contributed by atoms with Gasteiger partial charge in [0.15, 0.2) is 0 Å². The molecule has 0 aliphatic carbocycles. The molecule has 0 fully saturated rings. The Hall–Kier alpha value is -2.47. The Balaban J connectivity index is 2.07. The number of aryl methyl sites for hydroxylation is 1. The van der Waals surface area contributed by atoms with E-state index in [0.29, 0.717) is 12.3 Å². The fraction of sp³-hybridized carbons (Fsp3) is 0.440. The van der Waals surface area contributed by atoms with E-state index in [4.69, 9.17) is 4.74 Å². The number of methoxy groups -OCH3 is 1. The number of hydrogen-bond donors (Lipinski definition) is 1. The maximum atomic E-state index is 13.1. The highest BCUT2D eigenvalue weighted by atomic mass is 32.2. The zero-order chi connectivity index (χ0) is 22.8. The lowest BCUT2D eigenvalue weighted by Crippen LogP contribution is -2.50. The summed E-state index contributed by atoms with van der Waals surface area (Å²) < 4.78 is 5.22. The van der Waals surface area contributed by atoms with Gasteiger partial charge in [-0.15, -0.1) is 11.8 Å². The molecule has 0 radical (unpaired) electrons. The summed E-state index contributed by atoms with van der Waals surface area (Å²) in [6.07, 6.45) is 0.845. The molecular formula is C25H34N2O3S. The number of nitrogens with one attached hydrogen (secondary N) is 1. The highest BCUT2D eigenvalue weighted by Crippen LogP contribution is 2.18. The number of carbonyl (C=O) groups is 2. The number of benzene rings is 2. The van der Waals surface area contributed by atoms with Crippen molar-refractivity contribution in [3.63, 3.8) is 0 Å². The molecule has 5 nitrogen and oxygen atoms in total. The molecule has 2 rings (SSSR count). The lowest BCUT2D eigenvalue weighted by atomic mass is 10.1. The monoisotopic (exact) mass is 442 g/mol. The summed E-state index contributed by atoms with van der Waals surface area (Å²) in [5, 5.41) is 3.00. The Kier molecular flexibility index (Phi) is 9.92. The summed E-state index contributed by atoms with van der Waals surface area (Å²) in [4.78, 5) is 27.5. The van der Waals surface area contributed by atoms with E-state index in [0.717, 1.165) is 23.5 Å². The lowest BCUT2D eigenvalue weighted by Gasteiger charge is -2.29. The van der Waals surface area contributed by atoms with E-state index in [1.165, 1.54) is 11.1 Å². The molecule has 2 atom stereocenters. The molecular weight excluding hydrogens is 408 g/mol. The molecule has 0 bridgehead atoms. The molecule has 0 heterocycles. The van der Waals surface area contributed by atoms with E-state index < -0.39 is 6.04 Å². The Morgan fingerprint density at radius 1 is 1.03 bits per heavy atom.